The summed E-state index contributed by atoms with van der Waals surface area (Å²) < 4.78 is 17.2. The van der Waals surface area contributed by atoms with Crippen LogP contribution >= 0.6 is 0 Å². The normalized spacial score (nSPS) is 18.9. The van der Waals surface area contributed by atoms with E-state index in [-0.39, 0.29) is 25.0 Å². The third-order valence-electron chi connectivity index (χ3n) is 5.84. The van der Waals surface area contributed by atoms with E-state index in [4.69, 9.17) is 19.7 Å². The molecule has 1 aliphatic heterocycles. The molecule has 2 atom stereocenters. The van der Waals surface area contributed by atoms with Crippen LogP contribution in [0.3, 0.4) is 0 Å². The van der Waals surface area contributed by atoms with Gasteiger partial charge in [0.15, 0.2) is 28.9 Å². The quantitative estimate of drug-likeness (QED) is 0.339. The summed E-state index contributed by atoms with van der Waals surface area (Å²) >= 11 is 0. The highest BCUT2D eigenvalue weighted by Crippen LogP contribution is 2.29. The molecule has 1 saturated heterocycles. The summed E-state index contributed by atoms with van der Waals surface area (Å²) in [5.74, 6) is -0.920. The minimum atomic E-state index is -1.85. The van der Waals surface area contributed by atoms with Crippen LogP contribution in [0.5, 0.6) is 6.01 Å². The van der Waals surface area contributed by atoms with E-state index in [2.05, 4.69) is 25.5 Å². The van der Waals surface area contributed by atoms with Crippen LogP contribution in [0.2, 0.25) is 0 Å². The SMILES string of the molecule is COc1ncc(-n2ccc(N3CCOC(C)(C(O)C(=O)Nc4ccc5c(N)noc5c4)C3=O)n2)cn1. The number of hydrogen-bond donors (Lipinski definition) is 3. The Bertz CT molecular complexity index is 1430. The fourth-order valence-electron chi connectivity index (χ4n) is 3.83. The zero-order valence-electron chi connectivity index (χ0n) is 19.3. The largest absolute Gasteiger partial charge is 0.467 e. The molecule has 14 heteroatoms. The van der Waals surface area contributed by atoms with Gasteiger partial charge in [-0.3, -0.25) is 14.5 Å². The van der Waals surface area contributed by atoms with Crippen LogP contribution in [0.4, 0.5) is 17.3 Å². The van der Waals surface area contributed by atoms with Crippen LogP contribution < -0.4 is 20.7 Å². The molecule has 0 radical (unpaired) electrons. The molecular formula is C22H22N8O6. The van der Waals surface area contributed by atoms with E-state index in [0.29, 0.717) is 28.2 Å². The van der Waals surface area contributed by atoms with Gasteiger partial charge in [0.25, 0.3) is 11.8 Å². The molecule has 4 heterocycles. The summed E-state index contributed by atoms with van der Waals surface area (Å²) in [6, 6.07) is 6.55. The van der Waals surface area contributed by atoms with Crippen molar-refractivity contribution in [1.82, 2.24) is 24.9 Å². The molecule has 1 fully saturated rings. The van der Waals surface area contributed by atoms with E-state index in [1.165, 1.54) is 42.1 Å². The number of hydrogen-bond acceptors (Lipinski definition) is 11. The molecule has 14 nitrogen and oxygen atoms in total. The van der Waals surface area contributed by atoms with E-state index >= 15 is 0 Å². The Morgan fingerprint density at radius 1 is 1.31 bits per heavy atom. The predicted molar refractivity (Wildman–Crippen MR) is 125 cm³/mol. The third kappa shape index (κ3) is 3.97. The van der Waals surface area contributed by atoms with Gasteiger partial charge in [-0.15, -0.1) is 5.10 Å². The van der Waals surface area contributed by atoms with Gasteiger partial charge < -0.3 is 30.2 Å². The summed E-state index contributed by atoms with van der Waals surface area (Å²) in [7, 11) is 1.46. The predicted octanol–water partition coefficient (Wildman–Crippen LogP) is 0.516. The highest BCUT2D eigenvalue weighted by molar-refractivity contribution is 6.06. The second kappa shape index (κ2) is 8.90. The van der Waals surface area contributed by atoms with Gasteiger partial charge in [0.1, 0.15) is 5.69 Å². The fraction of sp³-hybridized carbons (Fsp3) is 0.273. The average Bonchev–Trinajstić information content (AvgIpc) is 3.52. The molecule has 2 unspecified atom stereocenters. The third-order valence-corrected chi connectivity index (χ3v) is 5.84. The Hall–Kier alpha value is -4.56. The fourth-order valence-corrected chi connectivity index (χ4v) is 3.83. The molecule has 1 aliphatic rings. The monoisotopic (exact) mass is 494 g/mol. The first-order valence-corrected chi connectivity index (χ1v) is 10.8. The van der Waals surface area contributed by atoms with Crippen molar-refractivity contribution in [2.24, 2.45) is 0 Å². The average molecular weight is 494 g/mol. The number of nitrogen functional groups attached to an aromatic ring is 1. The van der Waals surface area contributed by atoms with E-state index < -0.39 is 23.5 Å². The maximum Gasteiger partial charge on any atom is 0.316 e. The van der Waals surface area contributed by atoms with E-state index in [9.17, 15) is 14.7 Å². The number of carbonyl (C=O) groups excluding carboxylic acids is 2. The molecule has 3 aromatic heterocycles. The minimum absolute atomic E-state index is 0.0778. The number of amides is 2. The second-order valence-electron chi connectivity index (χ2n) is 8.13. The van der Waals surface area contributed by atoms with Gasteiger partial charge in [0.2, 0.25) is 0 Å². The van der Waals surface area contributed by atoms with Crippen LogP contribution in [0.25, 0.3) is 16.7 Å². The number of fused-ring (bicyclic) bond motifs is 1. The lowest BCUT2D eigenvalue weighted by Gasteiger charge is -2.40. The number of nitrogens with one attached hydrogen (secondary N) is 1. The standard InChI is InChI=1S/C22H22N8O6/c1-22(17(31)19(32)26-12-3-4-14-15(9-12)36-28-18(14)23)20(33)29(7-8-35-22)16-5-6-30(27-16)13-10-24-21(34-2)25-11-13/h3-6,9-11,17,31H,7-8H2,1-2H3,(H2,23,28)(H,26,32). The number of aromatic nitrogens is 5. The molecule has 2 amide bonds. The van der Waals surface area contributed by atoms with Gasteiger partial charge in [-0.05, 0) is 19.1 Å². The molecule has 0 bridgehead atoms. The lowest BCUT2D eigenvalue weighted by Crippen LogP contribution is -2.63. The molecule has 36 heavy (non-hydrogen) atoms. The Morgan fingerprint density at radius 2 is 2.08 bits per heavy atom. The van der Waals surface area contributed by atoms with Crippen LogP contribution in [-0.4, -0.2) is 73.8 Å². The molecule has 4 N–H and O–H groups in total. The summed E-state index contributed by atoms with van der Waals surface area (Å²) in [5.41, 5.74) is 5.09. The zero-order chi connectivity index (χ0) is 25.4. The molecule has 4 aromatic rings. The Balaban J connectivity index is 1.33. The zero-order valence-corrected chi connectivity index (χ0v) is 19.3. The van der Waals surface area contributed by atoms with Gasteiger partial charge in [0.05, 0.1) is 38.0 Å². The first kappa shape index (κ1) is 23.2. The number of aliphatic hydroxyl groups excluding tert-OH is 1. The maximum absolute atomic E-state index is 13.4. The number of nitrogens with two attached hydrogens (primary N) is 1. The molecular weight excluding hydrogens is 472 g/mol. The van der Waals surface area contributed by atoms with E-state index in [1.807, 2.05) is 0 Å². The van der Waals surface area contributed by atoms with Crippen molar-refractivity contribution in [2.75, 3.05) is 36.2 Å². The molecule has 0 aliphatic carbocycles. The first-order valence-electron chi connectivity index (χ1n) is 10.8. The number of benzene rings is 1. The first-order chi connectivity index (χ1) is 17.3. The smallest absolute Gasteiger partial charge is 0.316 e. The summed E-state index contributed by atoms with van der Waals surface area (Å²) in [4.78, 5) is 35.7. The van der Waals surface area contributed by atoms with E-state index in [1.54, 1.807) is 24.4 Å². The van der Waals surface area contributed by atoms with Crippen LogP contribution in [-0.2, 0) is 14.3 Å². The number of rotatable bonds is 6. The molecule has 5 rings (SSSR count). The van der Waals surface area contributed by atoms with Crippen molar-refractivity contribution < 1.29 is 28.7 Å². The van der Waals surface area contributed by atoms with Crippen molar-refractivity contribution >= 4 is 40.1 Å². The Kier molecular flexibility index (Phi) is 5.74. The van der Waals surface area contributed by atoms with Crippen LogP contribution in [0.1, 0.15) is 6.92 Å². The number of methoxy groups -OCH3 is 1. The highest BCUT2D eigenvalue weighted by atomic mass is 16.5. The van der Waals surface area contributed by atoms with Gasteiger partial charge in [-0.2, -0.15) is 0 Å². The molecule has 1 aromatic carbocycles. The van der Waals surface area contributed by atoms with Crippen LogP contribution in [0, 0.1) is 0 Å². The summed E-state index contributed by atoms with van der Waals surface area (Å²) in [6.45, 7) is 1.62. The van der Waals surface area contributed by atoms with Crippen molar-refractivity contribution in [3.05, 3.63) is 42.9 Å². The minimum Gasteiger partial charge on any atom is -0.467 e. The molecule has 0 saturated carbocycles. The van der Waals surface area contributed by atoms with Crippen molar-refractivity contribution in [3.63, 3.8) is 0 Å². The molecule has 186 valence electrons. The number of anilines is 3. The highest BCUT2D eigenvalue weighted by Gasteiger charge is 2.51. The lowest BCUT2D eigenvalue weighted by atomic mass is 9.94. The summed E-state index contributed by atoms with van der Waals surface area (Å²) in [6.07, 6.45) is 2.86. The van der Waals surface area contributed by atoms with Gasteiger partial charge in [-0.25, -0.2) is 14.6 Å². The number of morpholine rings is 1. The Labute approximate surface area is 203 Å². The second-order valence-corrected chi connectivity index (χ2v) is 8.13. The number of ether oxygens (including phenoxy) is 2. The van der Waals surface area contributed by atoms with E-state index in [0.717, 1.165) is 0 Å². The van der Waals surface area contributed by atoms with Crippen molar-refractivity contribution in [1.29, 1.82) is 0 Å². The van der Waals surface area contributed by atoms with Gasteiger partial charge in [0, 0.05) is 24.0 Å². The maximum atomic E-state index is 13.4. The number of carbonyl (C=O) groups is 2. The topological polar surface area (TPSA) is 184 Å². The van der Waals surface area contributed by atoms with Gasteiger partial charge >= 0.3 is 6.01 Å². The summed E-state index contributed by atoms with van der Waals surface area (Å²) in [5, 5.41) is 22.1. The number of nitrogens with zero attached hydrogens (tertiary/aromatic N) is 6. The Morgan fingerprint density at radius 3 is 2.83 bits per heavy atom. The molecule has 0 spiro atoms. The van der Waals surface area contributed by atoms with Crippen molar-refractivity contribution in [3.8, 4) is 11.7 Å². The van der Waals surface area contributed by atoms with Gasteiger partial charge in [-0.1, -0.05) is 5.16 Å². The lowest BCUT2D eigenvalue weighted by molar-refractivity contribution is -0.170. The number of aliphatic hydroxyl groups is 1. The van der Waals surface area contributed by atoms with Crippen LogP contribution in [0.15, 0.2) is 47.4 Å². The van der Waals surface area contributed by atoms with Crippen molar-refractivity contribution in [2.45, 2.75) is 18.6 Å².